The Morgan fingerprint density at radius 2 is 2.21 bits per heavy atom. The SMILES string of the molecule is CCCNCc1csc(-c2coc3ccccc23)n1. The first kappa shape index (κ1) is 12.4. The van der Waals surface area contributed by atoms with Crippen molar-refractivity contribution >= 4 is 22.3 Å². The molecular weight excluding hydrogens is 256 g/mol. The number of benzene rings is 1. The van der Waals surface area contributed by atoms with Crippen molar-refractivity contribution in [3.8, 4) is 10.6 Å². The van der Waals surface area contributed by atoms with Crippen LogP contribution in [0.1, 0.15) is 19.0 Å². The molecule has 0 unspecified atom stereocenters. The van der Waals surface area contributed by atoms with Crippen molar-refractivity contribution in [1.82, 2.24) is 10.3 Å². The van der Waals surface area contributed by atoms with Gasteiger partial charge in [-0.25, -0.2) is 4.98 Å². The molecule has 19 heavy (non-hydrogen) atoms. The van der Waals surface area contributed by atoms with E-state index < -0.39 is 0 Å². The van der Waals surface area contributed by atoms with Crippen molar-refractivity contribution in [3.63, 3.8) is 0 Å². The smallest absolute Gasteiger partial charge is 0.134 e. The Hall–Kier alpha value is -1.65. The van der Waals surface area contributed by atoms with Crippen LogP contribution in [0.25, 0.3) is 21.5 Å². The van der Waals surface area contributed by atoms with Crippen LogP contribution < -0.4 is 5.32 Å². The van der Waals surface area contributed by atoms with E-state index in [0.717, 1.165) is 46.7 Å². The molecule has 0 bridgehead atoms. The van der Waals surface area contributed by atoms with Gasteiger partial charge in [-0.1, -0.05) is 25.1 Å². The second-order valence-electron chi connectivity index (χ2n) is 4.47. The van der Waals surface area contributed by atoms with Crippen LogP contribution in [-0.4, -0.2) is 11.5 Å². The first-order chi connectivity index (χ1) is 9.38. The lowest BCUT2D eigenvalue weighted by atomic mass is 10.2. The van der Waals surface area contributed by atoms with Crippen molar-refractivity contribution in [3.05, 3.63) is 41.6 Å². The fraction of sp³-hybridized carbons (Fsp3) is 0.267. The minimum atomic E-state index is 0.833. The first-order valence-corrected chi connectivity index (χ1v) is 7.38. The number of fused-ring (bicyclic) bond motifs is 1. The molecule has 0 aliphatic carbocycles. The van der Waals surface area contributed by atoms with Crippen LogP contribution >= 0.6 is 11.3 Å². The molecule has 1 N–H and O–H groups in total. The Morgan fingerprint density at radius 1 is 1.32 bits per heavy atom. The number of furan rings is 1. The van der Waals surface area contributed by atoms with Gasteiger partial charge in [-0.3, -0.25) is 0 Å². The summed E-state index contributed by atoms with van der Waals surface area (Å²) in [7, 11) is 0. The van der Waals surface area contributed by atoms with Crippen molar-refractivity contribution in [2.75, 3.05) is 6.54 Å². The minimum absolute atomic E-state index is 0.833. The molecule has 0 spiro atoms. The third kappa shape index (κ3) is 2.55. The van der Waals surface area contributed by atoms with E-state index in [9.17, 15) is 0 Å². The maximum absolute atomic E-state index is 5.56. The van der Waals surface area contributed by atoms with Crippen LogP contribution in [0.4, 0.5) is 0 Å². The minimum Gasteiger partial charge on any atom is -0.464 e. The fourth-order valence-corrected chi connectivity index (χ4v) is 2.89. The van der Waals surface area contributed by atoms with Crippen LogP contribution in [0.5, 0.6) is 0 Å². The summed E-state index contributed by atoms with van der Waals surface area (Å²) in [6, 6.07) is 8.07. The van der Waals surface area contributed by atoms with Crippen molar-refractivity contribution in [2.45, 2.75) is 19.9 Å². The molecule has 0 saturated heterocycles. The normalized spacial score (nSPS) is 11.2. The second kappa shape index (κ2) is 5.55. The van der Waals surface area contributed by atoms with E-state index in [0.29, 0.717) is 0 Å². The molecule has 98 valence electrons. The van der Waals surface area contributed by atoms with Crippen LogP contribution in [0.2, 0.25) is 0 Å². The third-order valence-electron chi connectivity index (χ3n) is 3.00. The summed E-state index contributed by atoms with van der Waals surface area (Å²) in [5.41, 5.74) is 3.10. The molecule has 2 heterocycles. The van der Waals surface area contributed by atoms with Crippen LogP contribution in [0, 0.1) is 0 Å². The second-order valence-corrected chi connectivity index (χ2v) is 5.32. The highest BCUT2D eigenvalue weighted by Crippen LogP contribution is 2.32. The van der Waals surface area contributed by atoms with Crippen molar-refractivity contribution in [2.24, 2.45) is 0 Å². The van der Waals surface area contributed by atoms with Gasteiger partial charge in [-0.15, -0.1) is 11.3 Å². The summed E-state index contributed by atoms with van der Waals surface area (Å²) in [6.45, 7) is 4.03. The summed E-state index contributed by atoms with van der Waals surface area (Å²) in [6.07, 6.45) is 2.94. The lowest BCUT2D eigenvalue weighted by Crippen LogP contribution is -2.13. The maximum Gasteiger partial charge on any atom is 0.134 e. The van der Waals surface area contributed by atoms with E-state index in [-0.39, 0.29) is 0 Å². The van der Waals surface area contributed by atoms with Gasteiger partial charge in [-0.2, -0.15) is 0 Å². The first-order valence-electron chi connectivity index (χ1n) is 6.50. The number of nitrogens with zero attached hydrogens (tertiary/aromatic N) is 1. The summed E-state index contributed by atoms with van der Waals surface area (Å²) in [5, 5.41) is 7.63. The number of aromatic nitrogens is 1. The quantitative estimate of drug-likeness (QED) is 0.712. The van der Waals surface area contributed by atoms with Gasteiger partial charge in [0.25, 0.3) is 0 Å². The van der Waals surface area contributed by atoms with E-state index in [1.54, 1.807) is 17.6 Å². The standard InChI is InChI=1S/C15H16N2OS/c1-2-7-16-8-11-10-19-15(17-11)13-9-18-14-6-4-3-5-12(13)14/h3-6,9-10,16H,2,7-8H2,1H3. The molecule has 4 heteroatoms. The lowest BCUT2D eigenvalue weighted by molar-refractivity contribution is 0.617. The third-order valence-corrected chi connectivity index (χ3v) is 3.92. The summed E-state index contributed by atoms with van der Waals surface area (Å²) < 4.78 is 5.56. The molecule has 3 aromatic rings. The van der Waals surface area contributed by atoms with Gasteiger partial charge < -0.3 is 9.73 Å². The zero-order valence-corrected chi connectivity index (χ0v) is 11.7. The summed E-state index contributed by atoms with van der Waals surface area (Å²) >= 11 is 1.67. The van der Waals surface area contributed by atoms with E-state index in [4.69, 9.17) is 4.42 Å². The predicted octanol–water partition coefficient (Wildman–Crippen LogP) is 4.06. The fourth-order valence-electron chi connectivity index (χ4n) is 2.05. The van der Waals surface area contributed by atoms with Gasteiger partial charge in [0.1, 0.15) is 16.9 Å². The van der Waals surface area contributed by atoms with Gasteiger partial charge in [0.05, 0.1) is 11.3 Å². The molecule has 1 aromatic carbocycles. The number of nitrogens with one attached hydrogen (secondary N) is 1. The van der Waals surface area contributed by atoms with E-state index in [1.165, 1.54) is 0 Å². The zero-order chi connectivity index (χ0) is 13.1. The summed E-state index contributed by atoms with van der Waals surface area (Å²) in [5.74, 6) is 0. The molecule has 0 fully saturated rings. The molecular formula is C15H16N2OS. The molecule has 0 aliphatic rings. The topological polar surface area (TPSA) is 38.1 Å². The molecule has 0 atom stereocenters. The van der Waals surface area contributed by atoms with Crippen molar-refractivity contribution in [1.29, 1.82) is 0 Å². The van der Waals surface area contributed by atoms with Crippen LogP contribution in [-0.2, 0) is 6.54 Å². The number of rotatable bonds is 5. The molecule has 0 aliphatic heterocycles. The van der Waals surface area contributed by atoms with E-state index in [2.05, 4.69) is 28.7 Å². The van der Waals surface area contributed by atoms with Gasteiger partial charge in [0.15, 0.2) is 0 Å². The number of hydrogen-bond donors (Lipinski definition) is 1. The zero-order valence-electron chi connectivity index (χ0n) is 10.8. The molecule has 3 nitrogen and oxygen atoms in total. The lowest BCUT2D eigenvalue weighted by Gasteiger charge is -1.98. The molecule has 3 rings (SSSR count). The Balaban J connectivity index is 1.86. The highest BCUT2D eigenvalue weighted by atomic mass is 32.1. The number of thiazole rings is 1. The maximum atomic E-state index is 5.56. The summed E-state index contributed by atoms with van der Waals surface area (Å²) in [4.78, 5) is 4.67. The monoisotopic (exact) mass is 272 g/mol. The van der Waals surface area contributed by atoms with Gasteiger partial charge >= 0.3 is 0 Å². The molecule has 0 saturated carbocycles. The molecule has 2 aromatic heterocycles. The Labute approximate surface area is 116 Å². The van der Waals surface area contributed by atoms with Gasteiger partial charge in [0.2, 0.25) is 0 Å². The van der Waals surface area contributed by atoms with Crippen LogP contribution in [0.3, 0.4) is 0 Å². The van der Waals surface area contributed by atoms with Crippen molar-refractivity contribution < 1.29 is 4.42 Å². The van der Waals surface area contributed by atoms with E-state index >= 15 is 0 Å². The molecule has 0 amide bonds. The average Bonchev–Trinajstić information content (AvgIpc) is 3.05. The average molecular weight is 272 g/mol. The van der Waals surface area contributed by atoms with Gasteiger partial charge in [0, 0.05) is 17.3 Å². The highest BCUT2D eigenvalue weighted by molar-refractivity contribution is 7.13. The Kier molecular flexibility index (Phi) is 3.62. The largest absolute Gasteiger partial charge is 0.464 e. The van der Waals surface area contributed by atoms with Gasteiger partial charge in [-0.05, 0) is 19.0 Å². The Morgan fingerprint density at radius 3 is 3.11 bits per heavy atom. The van der Waals surface area contributed by atoms with Crippen LogP contribution in [0.15, 0.2) is 40.3 Å². The highest BCUT2D eigenvalue weighted by Gasteiger charge is 2.11. The number of hydrogen-bond acceptors (Lipinski definition) is 4. The number of para-hydroxylation sites is 1. The Bertz CT molecular complexity index is 671. The van der Waals surface area contributed by atoms with E-state index in [1.807, 2.05) is 18.2 Å². The predicted molar refractivity (Wildman–Crippen MR) is 79.3 cm³/mol. The molecule has 0 radical (unpaired) electrons.